The minimum absolute atomic E-state index is 0.152. The zero-order valence-electron chi connectivity index (χ0n) is 22.0. The lowest BCUT2D eigenvalue weighted by Crippen LogP contribution is -2.48. The van der Waals surface area contributed by atoms with Crippen molar-refractivity contribution in [1.29, 1.82) is 0 Å². The second-order valence-corrected chi connectivity index (χ2v) is 11.7. The normalized spacial score (nSPS) is 19.7. The summed E-state index contributed by atoms with van der Waals surface area (Å²) in [4.78, 5) is 37.2. The number of hydrogen-bond donors (Lipinski definition) is 0. The quantitative estimate of drug-likeness (QED) is 0.256. The van der Waals surface area contributed by atoms with E-state index >= 15 is 0 Å². The molecule has 2 aliphatic rings. The zero-order valence-corrected chi connectivity index (χ0v) is 23.6. The number of carbonyl (C=O) groups excluding carboxylic acids is 3. The molecule has 2 heterocycles. The minimum Gasteiger partial charge on any atom is -0.462 e. The van der Waals surface area contributed by atoms with Gasteiger partial charge in [-0.1, -0.05) is 15.9 Å². The van der Waals surface area contributed by atoms with Crippen molar-refractivity contribution in [3.8, 4) is 0 Å². The van der Waals surface area contributed by atoms with Crippen LogP contribution in [0.3, 0.4) is 0 Å². The van der Waals surface area contributed by atoms with Crippen LogP contribution in [0.5, 0.6) is 0 Å². The Kier molecular flexibility index (Phi) is 11.2. The molecule has 0 spiro atoms. The summed E-state index contributed by atoms with van der Waals surface area (Å²) in [5, 5.41) is 0.335. The first-order valence-corrected chi connectivity index (χ1v) is 13.0. The van der Waals surface area contributed by atoms with Gasteiger partial charge in [0.15, 0.2) is 0 Å². The van der Waals surface area contributed by atoms with E-state index < -0.39 is 34.6 Å². The lowest BCUT2D eigenvalue weighted by atomic mass is 9.94. The molecule has 11 heteroatoms. The van der Waals surface area contributed by atoms with Crippen LogP contribution in [0.25, 0.3) is 0 Å². The van der Waals surface area contributed by atoms with Crippen LogP contribution in [0.4, 0.5) is 18.4 Å². The van der Waals surface area contributed by atoms with Crippen LogP contribution in [-0.4, -0.2) is 88.6 Å². The number of carbonyl (C=O) groups is 3. The maximum Gasteiger partial charge on any atom is 0.410 e. The summed E-state index contributed by atoms with van der Waals surface area (Å²) >= 11 is 3.16. The summed E-state index contributed by atoms with van der Waals surface area (Å²) in [6.45, 7) is 13.2. The fourth-order valence-corrected chi connectivity index (χ4v) is 3.90. The molecule has 2 rings (SSSR count). The molecule has 0 aromatic rings. The second-order valence-electron chi connectivity index (χ2n) is 11.2. The van der Waals surface area contributed by atoms with Crippen LogP contribution in [-0.2, 0) is 19.0 Å². The lowest BCUT2D eigenvalue weighted by Gasteiger charge is -2.36. The average molecular weight is 572 g/mol. The number of halogens is 3. The van der Waals surface area contributed by atoms with E-state index in [1.807, 2.05) is 20.8 Å². The molecule has 0 aromatic heterocycles. The van der Waals surface area contributed by atoms with Gasteiger partial charge in [-0.25, -0.2) is 18.4 Å². The molecule has 2 aliphatic heterocycles. The molecule has 35 heavy (non-hydrogen) atoms. The molecule has 0 N–H and O–H groups in total. The highest BCUT2D eigenvalue weighted by Gasteiger charge is 2.38. The number of nitrogens with zero attached hydrogens (tertiary/aromatic N) is 2. The summed E-state index contributed by atoms with van der Waals surface area (Å²) in [5.74, 6) is -0.494. The van der Waals surface area contributed by atoms with Crippen LogP contribution >= 0.6 is 15.9 Å². The first kappa shape index (κ1) is 31.4. The lowest BCUT2D eigenvalue weighted by molar-refractivity contribution is -0.146. The first-order chi connectivity index (χ1) is 15.9. The number of alkyl halides is 3. The molecule has 2 fully saturated rings. The summed E-state index contributed by atoms with van der Waals surface area (Å²) in [6, 6.07) is 0. The van der Waals surface area contributed by atoms with Crippen molar-refractivity contribution in [2.75, 3.05) is 38.1 Å². The van der Waals surface area contributed by atoms with Crippen LogP contribution in [0.2, 0.25) is 0 Å². The van der Waals surface area contributed by atoms with Gasteiger partial charge in [0.2, 0.25) is 0 Å². The van der Waals surface area contributed by atoms with E-state index in [9.17, 15) is 23.2 Å². The summed E-state index contributed by atoms with van der Waals surface area (Å²) < 4.78 is 43.3. The molecule has 0 unspecified atom stereocenters. The molecule has 0 aliphatic carbocycles. The highest BCUT2D eigenvalue weighted by molar-refractivity contribution is 9.09. The van der Waals surface area contributed by atoms with Crippen molar-refractivity contribution in [3.63, 3.8) is 0 Å². The number of likely N-dealkylation sites (tertiary alicyclic amines) is 2. The summed E-state index contributed by atoms with van der Waals surface area (Å²) in [5.41, 5.74) is -3.75. The van der Waals surface area contributed by atoms with Crippen molar-refractivity contribution < 1.29 is 37.4 Å². The topological polar surface area (TPSA) is 85.4 Å². The van der Waals surface area contributed by atoms with Gasteiger partial charge >= 0.3 is 18.2 Å². The van der Waals surface area contributed by atoms with Crippen LogP contribution in [0, 0.1) is 0 Å². The Hall–Kier alpha value is -1.65. The van der Waals surface area contributed by atoms with Gasteiger partial charge < -0.3 is 24.0 Å². The third kappa shape index (κ3) is 12.2. The van der Waals surface area contributed by atoms with E-state index in [0.29, 0.717) is 31.3 Å². The maximum absolute atomic E-state index is 14.3. The standard InChI is InChI=1S/C13H22FNO4.C11H19BrFNO2/c1-10(16)18-9-13(14)5-7-15(8-6-13)11(17)19-12(2,3)4;1-10(2,3)16-9(15)14-6-4-11(13,8-12)5-7-14/h5-9H2,1-4H3;4-8H2,1-3H3. The monoisotopic (exact) mass is 570 g/mol. The van der Waals surface area contributed by atoms with Crippen LogP contribution in [0.1, 0.15) is 74.1 Å². The van der Waals surface area contributed by atoms with Gasteiger partial charge in [0.25, 0.3) is 0 Å². The Morgan fingerprint density at radius 1 is 0.771 bits per heavy atom. The second kappa shape index (κ2) is 12.5. The molecular formula is C24H41BrF2N2O6. The molecule has 204 valence electrons. The Morgan fingerprint density at radius 2 is 1.11 bits per heavy atom. The molecule has 0 atom stereocenters. The van der Waals surface area contributed by atoms with Crippen molar-refractivity contribution in [3.05, 3.63) is 0 Å². The number of amides is 2. The van der Waals surface area contributed by atoms with E-state index in [1.165, 1.54) is 11.8 Å². The van der Waals surface area contributed by atoms with E-state index in [0.717, 1.165) is 0 Å². The third-order valence-electron chi connectivity index (χ3n) is 5.40. The molecular weight excluding hydrogens is 530 g/mol. The SMILES string of the molecule is CC(=O)OCC1(F)CCN(C(=O)OC(C)(C)C)CC1.CC(C)(C)OC(=O)N1CCC(F)(CBr)CC1. The Bertz CT molecular complexity index is 723. The van der Waals surface area contributed by atoms with Crippen molar-refractivity contribution in [2.45, 2.75) is 96.7 Å². The number of ether oxygens (including phenoxy) is 3. The zero-order chi connectivity index (χ0) is 27.1. The fourth-order valence-electron chi connectivity index (χ4n) is 3.34. The summed E-state index contributed by atoms with van der Waals surface area (Å²) in [6.07, 6.45) is 0.278. The minimum atomic E-state index is -1.54. The highest BCUT2D eigenvalue weighted by atomic mass is 79.9. The predicted molar refractivity (Wildman–Crippen MR) is 132 cm³/mol. The summed E-state index contributed by atoms with van der Waals surface area (Å²) in [7, 11) is 0. The predicted octanol–water partition coefficient (Wildman–Crippen LogP) is 5.41. The van der Waals surface area contributed by atoms with Gasteiger partial charge in [-0.2, -0.15) is 0 Å². The molecule has 0 aromatic carbocycles. The van der Waals surface area contributed by atoms with Crippen LogP contribution < -0.4 is 0 Å². The number of hydrogen-bond acceptors (Lipinski definition) is 6. The highest BCUT2D eigenvalue weighted by Crippen LogP contribution is 2.29. The van der Waals surface area contributed by atoms with E-state index in [2.05, 4.69) is 15.9 Å². The average Bonchev–Trinajstić information content (AvgIpc) is 2.71. The van der Waals surface area contributed by atoms with Gasteiger partial charge in [0.05, 0.1) is 0 Å². The molecule has 0 saturated carbocycles. The Balaban J connectivity index is 0.000000355. The maximum atomic E-state index is 14.3. The number of piperidine rings is 2. The molecule has 0 bridgehead atoms. The number of rotatable bonds is 3. The van der Waals surface area contributed by atoms with Crippen molar-refractivity contribution in [1.82, 2.24) is 9.80 Å². The van der Waals surface area contributed by atoms with Gasteiger partial charge in [0, 0.05) is 64.1 Å². The van der Waals surface area contributed by atoms with Gasteiger partial charge in [-0.05, 0) is 41.5 Å². The van der Waals surface area contributed by atoms with E-state index in [1.54, 1.807) is 25.7 Å². The molecule has 8 nitrogen and oxygen atoms in total. The van der Waals surface area contributed by atoms with Gasteiger partial charge in [0.1, 0.15) is 29.1 Å². The first-order valence-electron chi connectivity index (χ1n) is 11.9. The molecule has 0 radical (unpaired) electrons. The third-order valence-corrected chi connectivity index (χ3v) is 6.40. The van der Waals surface area contributed by atoms with Gasteiger partial charge in [-0.3, -0.25) is 4.79 Å². The number of esters is 1. The Labute approximate surface area is 216 Å². The fraction of sp³-hybridized carbons (Fsp3) is 0.875. The van der Waals surface area contributed by atoms with Gasteiger partial charge in [-0.15, -0.1) is 0 Å². The smallest absolute Gasteiger partial charge is 0.410 e. The van der Waals surface area contributed by atoms with E-state index in [-0.39, 0.29) is 38.6 Å². The van der Waals surface area contributed by atoms with Crippen molar-refractivity contribution in [2.24, 2.45) is 0 Å². The van der Waals surface area contributed by atoms with Crippen LogP contribution in [0.15, 0.2) is 0 Å². The molecule has 2 amide bonds. The largest absolute Gasteiger partial charge is 0.462 e. The van der Waals surface area contributed by atoms with Crippen molar-refractivity contribution >= 4 is 34.1 Å². The molecule has 2 saturated heterocycles. The van der Waals surface area contributed by atoms with E-state index in [4.69, 9.17) is 14.2 Å². The Morgan fingerprint density at radius 3 is 1.40 bits per heavy atom.